The lowest BCUT2D eigenvalue weighted by Crippen LogP contribution is -2.20. The highest BCUT2D eigenvalue weighted by Crippen LogP contribution is 2.10. The van der Waals surface area contributed by atoms with Crippen molar-refractivity contribution in [3.63, 3.8) is 0 Å². The van der Waals surface area contributed by atoms with Crippen molar-refractivity contribution in [2.45, 2.75) is 0 Å². The Labute approximate surface area is 66.6 Å². The van der Waals surface area contributed by atoms with Crippen molar-refractivity contribution in [1.82, 2.24) is 5.48 Å². The van der Waals surface area contributed by atoms with Gasteiger partial charge in [0.2, 0.25) is 0 Å². The van der Waals surface area contributed by atoms with Gasteiger partial charge < -0.3 is 0 Å². The number of hydrogen-bond acceptors (Lipinski definition) is 2. The highest BCUT2D eigenvalue weighted by Gasteiger charge is 2.13. The number of hydroxylamine groups is 1. The van der Waals surface area contributed by atoms with Crippen molar-refractivity contribution in [1.29, 1.82) is 0 Å². The molecule has 0 saturated carbocycles. The lowest BCUT2D eigenvalue weighted by molar-refractivity contribution is 0.0701. The van der Waals surface area contributed by atoms with E-state index in [0.717, 1.165) is 12.1 Å². The van der Waals surface area contributed by atoms with Gasteiger partial charge in [-0.2, -0.15) is 0 Å². The smallest absolute Gasteiger partial charge is 0.277 e. The highest BCUT2D eigenvalue weighted by molar-refractivity contribution is 5.93. The number of carbonyl (C=O) groups is 1. The van der Waals surface area contributed by atoms with E-state index < -0.39 is 23.1 Å². The molecule has 1 amide bonds. The number of amides is 1. The number of benzene rings is 1. The molecule has 0 aliphatic heterocycles. The molecule has 0 radical (unpaired) electrons. The SMILES string of the molecule is O=C(NO)c1cccc(F)c1F. The van der Waals surface area contributed by atoms with Crippen LogP contribution in [0.1, 0.15) is 10.4 Å². The van der Waals surface area contributed by atoms with E-state index in [4.69, 9.17) is 5.21 Å². The molecule has 0 spiro atoms. The summed E-state index contributed by atoms with van der Waals surface area (Å²) in [6.45, 7) is 0. The van der Waals surface area contributed by atoms with Crippen LogP contribution in [0.2, 0.25) is 0 Å². The van der Waals surface area contributed by atoms with Crippen molar-refractivity contribution < 1.29 is 18.8 Å². The predicted octanol–water partition coefficient (Wildman–Crippen LogP) is 1.08. The molecule has 0 saturated heterocycles. The quantitative estimate of drug-likeness (QED) is 0.493. The number of nitrogens with one attached hydrogen (secondary N) is 1. The van der Waals surface area contributed by atoms with Crippen LogP contribution in [0.3, 0.4) is 0 Å². The molecule has 0 heterocycles. The average molecular weight is 173 g/mol. The Kier molecular flexibility index (Phi) is 2.35. The minimum atomic E-state index is -1.27. The van der Waals surface area contributed by atoms with Gasteiger partial charge in [0.05, 0.1) is 5.56 Å². The lowest BCUT2D eigenvalue weighted by atomic mass is 10.2. The molecular formula is C7H5F2NO2. The predicted molar refractivity (Wildman–Crippen MR) is 35.6 cm³/mol. The van der Waals surface area contributed by atoms with Crippen LogP contribution in [0.4, 0.5) is 8.78 Å². The first-order valence-corrected chi connectivity index (χ1v) is 3.05. The third-order valence-corrected chi connectivity index (χ3v) is 1.30. The molecule has 0 aromatic heterocycles. The second kappa shape index (κ2) is 3.27. The standard InChI is InChI=1S/C7H5F2NO2/c8-5-3-1-2-4(6(5)9)7(11)10-12/h1-3,12H,(H,10,11). The van der Waals surface area contributed by atoms with Crippen molar-refractivity contribution in [3.8, 4) is 0 Å². The lowest BCUT2D eigenvalue weighted by Gasteiger charge is -1.99. The fraction of sp³-hybridized carbons (Fsp3) is 0. The second-order valence-electron chi connectivity index (χ2n) is 2.04. The van der Waals surface area contributed by atoms with E-state index in [2.05, 4.69) is 0 Å². The minimum Gasteiger partial charge on any atom is -0.288 e. The van der Waals surface area contributed by atoms with E-state index in [9.17, 15) is 13.6 Å². The van der Waals surface area contributed by atoms with Gasteiger partial charge in [-0.25, -0.2) is 14.3 Å². The summed E-state index contributed by atoms with van der Waals surface area (Å²) < 4.78 is 25.1. The minimum absolute atomic E-state index is 0.530. The molecule has 1 rings (SSSR count). The largest absolute Gasteiger partial charge is 0.288 e. The summed E-state index contributed by atoms with van der Waals surface area (Å²) >= 11 is 0. The Bertz CT molecular complexity index is 314. The van der Waals surface area contributed by atoms with Crippen molar-refractivity contribution in [3.05, 3.63) is 35.4 Å². The molecule has 0 aliphatic rings. The molecule has 64 valence electrons. The van der Waals surface area contributed by atoms with Gasteiger partial charge in [0.15, 0.2) is 11.6 Å². The average Bonchev–Trinajstić information content (AvgIpc) is 2.08. The van der Waals surface area contributed by atoms with E-state index in [1.165, 1.54) is 11.5 Å². The zero-order valence-electron chi connectivity index (χ0n) is 5.84. The maximum atomic E-state index is 12.7. The van der Waals surface area contributed by atoms with Crippen molar-refractivity contribution in [2.24, 2.45) is 0 Å². The zero-order valence-corrected chi connectivity index (χ0v) is 5.84. The van der Waals surface area contributed by atoms with E-state index in [1.54, 1.807) is 0 Å². The first-order valence-electron chi connectivity index (χ1n) is 3.05. The molecular weight excluding hydrogens is 168 g/mol. The zero-order chi connectivity index (χ0) is 9.14. The monoisotopic (exact) mass is 173 g/mol. The van der Waals surface area contributed by atoms with Gasteiger partial charge in [-0.05, 0) is 12.1 Å². The number of hydrogen-bond donors (Lipinski definition) is 2. The maximum Gasteiger partial charge on any atom is 0.277 e. The normalized spacial score (nSPS) is 9.58. The Balaban J connectivity index is 3.16. The molecule has 0 aliphatic carbocycles. The van der Waals surface area contributed by atoms with Crippen LogP contribution in [-0.4, -0.2) is 11.1 Å². The number of carbonyl (C=O) groups excluding carboxylic acids is 1. The van der Waals surface area contributed by atoms with Crippen LogP contribution < -0.4 is 5.48 Å². The van der Waals surface area contributed by atoms with E-state index in [0.29, 0.717) is 0 Å². The van der Waals surface area contributed by atoms with Crippen LogP contribution in [-0.2, 0) is 0 Å². The van der Waals surface area contributed by atoms with Gasteiger partial charge in [-0.15, -0.1) is 0 Å². The summed E-state index contributed by atoms with van der Waals surface area (Å²) in [4.78, 5) is 10.6. The third-order valence-electron chi connectivity index (χ3n) is 1.30. The maximum absolute atomic E-state index is 12.7. The van der Waals surface area contributed by atoms with Gasteiger partial charge in [0.1, 0.15) is 0 Å². The van der Waals surface area contributed by atoms with Crippen LogP contribution in [0.15, 0.2) is 18.2 Å². The molecule has 1 aromatic carbocycles. The molecule has 5 heteroatoms. The number of halogens is 2. The molecule has 0 atom stereocenters. The molecule has 0 bridgehead atoms. The van der Waals surface area contributed by atoms with Gasteiger partial charge in [0, 0.05) is 0 Å². The summed E-state index contributed by atoms with van der Waals surface area (Å²) in [5, 5.41) is 8.11. The van der Waals surface area contributed by atoms with E-state index >= 15 is 0 Å². The van der Waals surface area contributed by atoms with Gasteiger partial charge in [0.25, 0.3) is 5.91 Å². The molecule has 3 nitrogen and oxygen atoms in total. The second-order valence-corrected chi connectivity index (χ2v) is 2.04. The summed E-state index contributed by atoms with van der Waals surface area (Å²) in [5.41, 5.74) is 0.674. The summed E-state index contributed by atoms with van der Waals surface area (Å²) in [6, 6.07) is 3.11. The first kappa shape index (κ1) is 8.61. The topological polar surface area (TPSA) is 49.3 Å². The molecule has 0 unspecified atom stereocenters. The molecule has 0 fully saturated rings. The van der Waals surface area contributed by atoms with Gasteiger partial charge in [-0.1, -0.05) is 6.07 Å². The van der Waals surface area contributed by atoms with Crippen molar-refractivity contribution >= 4 is 5.91 Å². The van der Waals surface area contributed by atoms with Crippen LogP contribution in [0.5, 0.6) is 0 Å². The number of rotatable bonds is 1. The van der Waals surface area contributed by atoms with Crippen molar-refractivity contribution in [2.75, 3.05) is 0 Å². The summed E-state index contributed by atoms with van der Waals surface area (Å²) in [5.74, 6) is -3.48. The third kappa shape index (κ3) is 1.40. The Morgan fingerprint density at radius 2 is 2.08 bits per heavy atom. The van der Waals surface area contributed by atoms with E-state index in [-0.39, 0.29) is 0 Å². The van der Waals surface area contributed by atoms with Crippen LogP contribution in [0, 0.1) is 11.6 Å². The van der Waals surface area contributed by atoms with Crippen LogP contribution in [0.25, 0.3) is 0 Å². The Morgan fingerprint density at radius 1 is 1.42 bits per heavy atom. The molecule has 2 N–H and O–H groups in total. The molecule has 12 heavy (non-hydrogen) atoms. The van der Waals surface area contributed by atoms with Crippen LogP contribution >= 0.6 is 0 Å². The molecule has 1 aromatic rings. The fourth-order valence-corrected chi connectivity index (χ4v) is 0.739. The van der Waals surface area contributed by atoms with Gasteiger partial charge in [-0.3, -0.25) is 10.0 Å². The summed E-state index contributed by atoms with van der Waals surface area (Å²) in [6.07, 6.45) is 0. The Morgan fingerprint density at radius 3 is 2.67 bits per heavy atom. The van der Waals surface area contributed by atoms with Gasteiger partial charge >= 0.3 is 0 Å². The fourth-order valence-electron chi connectivity index (χ4n) is 0.739. The Hall–Kier alpha value is -1.49. The van der Waals surface area contributed by atoms with E-state index in [1.807, 2.05) is 0 Å². The first-order chi connectivity index (χ1) is 5.66. The summed E-state index contributed by atoms with van der Waals surface area (Å²) in [7, 11) is 0. The highest BCUT2D eigenvalue weighted by atomic mass is 19.2.